The van der Waals surface area contributed by atoms with Gasteiger partial charge in [-0.3, -0.25) is 0 Å². The van der Waals surface area contributed by atoms with Gasteiger partial charge in [0.1, 0.15) is 11.6 Å². The number of anilines is 1. The maximum Gasteiger partial charge on any atom is 0.132 e. The average Bonchev–Trinajstić information content (AvgIpc) is 2.32. The van der Waals surface area contributed by atoms with Crippen molar-refractivity contribution in [2.24, 2.45) is 0 Å². The molecule has 1 aromatic heterocycles. The summed E-state index contributed by atoms with van der Waals surface area (Å²) in [5.41, 5.74) is 2.21. The van der Waals surface area contributed by atoms with Crippen LogP contribution < -0.4 is 5.32 Å². The highest BCUT2D eigenvalue weighted by molar-refractivity contribution is 5.45. The van der Waals surface area contributed by atoms with Crippen molar-refractivity contribution in [2.45, 2.75) is 40.0 Å². The number of hydrogen-bond donors (Lipinski definition) is 1. The molecule has 1 N–H and O–H groups in total. The van der Waals surface area contributed by atoms with Crippen LogP contribution in [-0.2, 0) is 11.2 Å². The first-order chi connectivity index (χ1) is 8.19. The number of rotatable bonds is 7. The van der Waals surface area contributed by atoms with Crippen LogP contribution in [0.5, 0.6) is 0 Å². The fourth-order valence-electron chi connectivity index (χ4n) is 1.59. The minimum Gasteiger partial charge on any atom is -0.385 e. The maximum absolute atomic E-state index is 5.04. The van der Waals surface area contributed by atoms with E-state index in [1.807, 2.05) is 6.92 Å². The van der Waals surface area contributed by atoms with Crippen LogP contribution in [-0.4, -0.2) is 30.2 Å². The van der Waals surface area contributed by atoms with E-state index in [-0.39, 0.29) is 0 Å². The standard InChI is InChI=1S/C13H23N3O/c1-5-8-14-13-10(2)11(3)15-12(16-13)7-6-9-17-4/h5-9H2,1-4H3,(H,14,15,16). The van der Waals surface area contributed by atoms with E-state index in [9.17, 15) is 0 Å². The fraction of sp³-hybridized carbons (Fsp3) is 0.692. The van der Waals surface area contributed by atoms with Crippen molar-refractivity contribution >= 4 is 5.82 Å². The van der Waals surface area contributed by atoms with Crippen LogP contribution in [0.1, 0.15) is 36.8 Å². The van der Waals surface area contributed by atoms with Crippen LogP contribution in [0.15, 0.2) is 0 Å². The SMILES string of the molecule is CCCNc1nc(CCCOC)nc(C)c1C. The molecule has 17 heavy (non-hydrogen) atoms. The molecule has 4 nitrogen and oxygen atoms in total. The molecule has 0 bridgehead atoms. The first-order valence-corrected chi connectivity index (χ1v) is 6.26. The molecule has 0 saturated carbocycles. The van der Waals surface area contributed by atoms with Crippen LogP contribution in [0.2, 0.25) is 0 Å². The van der Waals surface area contributed by atoms with Gasteiger partial charge >= 0.3 is 0 Å². The Kier molecular flexibility index (Phi) is 5.91. The molecule has 96 valence electrons. The van der Waals surface area contributed by atoms with Crippen molar-refractivity contribution in [3.63, 3.8) is 0 Å². The quantitative estimate of drug-likeness (QED) is 0.740. The van der Waals surface area contributed by atoms with Crippen LogP contribution in [0.3, 0.4) is 0 Å². The van der Waals surface area contributed by atoms with E-state index in [1.54, 1.807) is 7.11 Å². The van der Waals surface area contributed by atoms with Gasteiger partial charge in [-0.05, 0) is 26.7 Å². The van der Waals surface area contributed by atoms with Gasteiger partial charge in [0.25, 0.3) is 0 Å². The predicted molar refractivity (Wildman–Crippen MR) is 70.5 cm³/mol. The number of hydrogen-bond acceptors (Lipinski definition) is 4. The smallest absolute Gasteiger partial charge is 0.132 e. The summed E-state index contributed by atoms with van der Waals surface area (Å²) in [6.45, 7) is 7.96. The first kappa shape index (κ1) is 13.9. The largest absolute Gasteiger partial charge is 0.385 e. The second-order valence-corrected chi connectivity index (χ2v) is 4.22. The highest BCUT2D eigenvalue weighted by Gasteiger charge is 2.07. The molecule has 0 atom stereocenters. The highest BCUT2D eigenvalue weighted by atomic mass is 16.5. The summed E-state index contributed by atoms with van der Waals surface area (Å²) in [6, 6.07) is 0. The fourth-order valence-corrected chi connectivity index (χ4v) is 1.59. The average molecular weight is 237 g/mol. The van der Waals surface area contributed by atoms with Crippen molar-refractivity contribution < 1.29 is 4.74 Å². The monoisotopic (exact) mass is 237 g/mol. The van der Waals surface area contributed by atoms with E-state index < -0.39 is 0 Å². The lowest BCUT2D eigenvalue weighted by atomic mass is 10.2. The lowest BCUT2D eigenvalue weighted by molar-refractivity contribution is 0.194. The second kappa shape index (κ2) is 7.22. The number of aromatic nitrogens is 2. The number of nitrogens with one attached hydrogen (secondary N) is 1. The summed E-state index contributed by atoms with van der Waals surface area (Å²) in [7, 11) is 1.72. The Morgan fingerprint density at radius 1 is 1.24 bits per heavy atom. The minimum absolute atomic E-state index is 0.758. The van der Waals surface area contributed by atoms with Crippen molar-refractivity contribution in [1.29, 1.82) is 0 Å². The van der Waals surface area contributed by atoms with Crippen molar-refractivity contribution in [2.75, 3.05) is 25.6 Å². The van der Waals surface area contributed by atoms with E-state index in [0.29, 0.717) is 0 Å². The molecule has 0 aromatic carbocycles. The normalized spacial score (nSPS) is 10.6. The lowest BCUT2D eigenvalue weighted by Crippen LogP contribution is -2.09. The Balaban J connectivity index is 2.74. The Morgan fingerprint density at radius 2 is 2.00 bits per heavy atom. The molecule has 1 heterocycles. The van der Waals surface area contributed by atoms with Gasteiger partial charge in [0.2, 0.25) is 0 Å². The van der Waals surface area contributed by atoms with E-state index in [1.165, 1.54) is 0 Å². The first-order valence-electron chi connectivity index (χ1n) is 6.26. The molecular formula is C13H23N3O. The maximum atomic E-state index is 5.04. The van der Waals surface area contributed by atoms with E-state index in [2.05, 4.69) is 29.1 Å². The van der Waals surface area contributed by atoms with Crippen LogP contribution >= 0.6 is 0 Å². The van der Waals surface area contributed by atoms with Gasteiger partial charge in [-0.2, -0.15) is 0 Å². The Labute approximate surface area is 104 Å². The predicted octanol–water partition coefficient (Wildman–Crippen LogP) is 2.49. The number of ether oxygens (including phenoxy) is 1. The summed E-state index contributed by atoms with van der Waals surface area (Å²) < 4.78 is 5.04. The molecule has 0 aliphatic rings. The van der Waals surface area contributed by atoms with Crippen LogP contribution in [0.25, 0.3) is 0 Å². The van der Waals surface area contributed by atoms with Crippen LogP contribution in [0, 0.1) is 13.8 Å². The summed E-state index contributed by atoms with van der Waals surface area (Å²) in [5, 5.41) is 3.35. The highest BCUT2D eigenvalue weighted by Crippen LogP contribution is 2.15. The topological polar surface area (TPSA) is 47.0 Å². The molecule has 0 fully saturated rings. The zero-order valence-corrected chi connectivity index (χ0v) is 11.3. The third kappa shape index (κ3) is 4.30. The van der Waals surface area contributed by atoms with Gasteiger partial charge in [0.05, 0.1) is 0 Å². The summed E-state index contributed by atoms with van der Waals surface area (Å²) in [5.74, 6) is 1.88. The molecular weight excluding hydrogens is 214 g/mol. The number of methoxy groups -OCH3 is 1. The molecule has 0 aliphatic carbocycles. The Morgan fingerprint density at radius 3 is 2.65 bits per heavy atom. The van der Waals surface area contributed by atoms with Gasteiger partial charge in [-0.15, -0.1) is 0 Å². The van der Waals surface area contributed by atoms with Crippen LogP contribution in [0.4, 0.5) is 5.82 Å². The number of aryl methyl sites for hydroxylation is 2. The van der Waals surface area contributed by atoms with E-state index >= 15 is 0 Å². The summed E-state index contributed by atoms with van der Waals surface area (Å²) in [6.07, 6.45) is 2.93. The Bertz CT molecular complexity index is 353. The Hall–Kier alpha value is -1.16. The third-order valence-electron chi connectivity index (χ3n) is 2.73. The van der Waals surface area contributed by atoms with Gasteiger partial charge in [0, 0.05) is 37.9 Å². The van der Waals surface area contributed by atoms with Gasteiger partial charge in [-0.25, -0.2) is 9.97 Å². The van der Waals surface area contributed by atoms with Crippen molar-refractivity contribution in [1.82, 2.24) is 9.97 Å². The van der Waals surface area contributed by atoms with Crippen molar-refractivity contribution in [3.05, 3.63) is 17.1 Å². The van der Waals surface area contributed by atoms with Gasteiger partial charge in [0.15, 0.2) is 0 Å². The molecule has 0 amide bonds. The molecule has 0 aliphatic heterocycles. The number of nitrogens with zero attached hydrogens (tertiary/aromatic N) is 2. The summed E-state index contributed by atoms with van der Waals surface area (Å²) in [4.78, 5) is 9.07. The third-order valence-corrected chi connectivity index (χ3v) is 2.73. The molecule has 4 heteroatoms. The lowest BCUT2D eigenvalue weighted by Gasteiger charge is -2.11. The zero-order chi connectivity index (χ0) is 12.7. The minimum atomic E-state index is 0.758. The van der Waals surface area contributed by atoms with Gasteiger partial charge < -0.3 is 10.1 Å². The van der Waals surface area contributed by atoms with E-state index in [0.717, 1.165) is 55.3 Å². The van der Waals surface area contributed by atoms with Gasteiger partial charge in [-0.1, -0.05) is 6.92 Å². The molecule has 1 rings (SSSR count). The molecule has 1 aromatic rings. The summed E-state index contributed by atoms with van der Waals surface area (Å²) >= 11 is 0. The zero-order valence-electron chi connectivity index (χ0n) is 11.3. The van der Waals surface area contributed by atoms with E-state index in [4.69, 9.17) is 4.74 Å². The molecule has 0 unspecified atom stereocenters. The molecule has 0 radical (unpaired) electrons. The molecule has 0 saturated heterocycles. The molecule has 0 spiro atoms. The van der Waals surface area contributed by atoms with Crippen molar-refractivity contribution in [3.8, 4) is 0 Å². The second-order valence-electron chi connectivity index (χ2n) is 4.22.